The van der Waals surface area contributed by atoms with Gasteiger partial charge in [-0.3, -0.25) is 4.79 Å². The molecule has 124 valence electrons. The van der Waals surface area contributed by atoms with Gasteiger partial charge < -0.3 is 19.8 Å². The van der Waals surface area contributed by atoms with E-state index in [1.54, 1.807) is 20.8 Å². The molecule has 1 amide bonds. The second kappa shape index (κ2) is 7.17. The number of esters is 1. The first-order chi connectivity index (χ1) is 10.8. The molecule has 1 aromatic heterocycles. The fourth-order valence-corrected chi connectivity index (χ4v) is 2.12. The first-order valence-electron chi connectivity index (χ1n) is 7.52. The van der Waals surface area contributed by atoms with Gasteiger partial charge in [0.2, 0.25) is 0 Å². The zero-order chi connectivity index (χ0) is 16.9. The number of H-pyrrole nitrogens is 1. The molecule has 6 nitrogen and oxygen atoms in total. The largest absolute Gasteiger partial charge is 0.464 e. The molecule has 0 saturated carbocycles. The lowest BCUT2D eigenvalue weighted by Gasteiger charge is -2.19. The summed E-state index contributed by atoms with van der Waals surface area (Å²) in [5.41, 5.74) is 1.34. The van der Waals surface area contributed by atoms with Crippen LogP contribution in [0, 0.1) is 0 Å². The molecule has 2 aromatic rings. The molecule has 0 aliphatic carbocycles. The summed E-state index contributed by atoms with van der Waals surface area (Å²) in [6.45, 7) is 5.68. The monoisotopic (exact) mass is 318 g/mol. The molecule has 0 atom stereocenters. The van der Waals surface area contributed by atoms with E-state index in [1.165, 1.54) is 0 Å². The molecule has 6 heteroatoms. The van der Waals surface area contributed by atoms with Crippen LogP contribution in [0.25, 0.3) is 10.9 Å². The minimum Gasteiger partial charge on any atom is -0.464 e. The average Bonchev–Trinajstić information content (AvgIpc) is 2.85. The fraction of sp³-hybridized carbons (Fsp3) is 0.412. The number of aromatic amines is 1. The summed E-state index contributed by atoms with van der Waals surface area (Å²) in [7, 11) is 0. The lowest BCUT2D eigenvalue weighted by molar-refractivity contribution is -0.142. The van der Waals surface area contributed by atoms with Crippen LogP contribution in [0.3, 0.4) is 0 Å². The van der Waals surface area contributed by atoms with Crippen LogP contribution >= 0.6 is 0 Å². The Balaban J connectivity index is 1.73. The Morgan fingerprint density at radius 2 is 1.96 bits per heavy atom. The highest BCUT2D eigenvalue weighted by atomic mass is 16.6. The molecule has 0 radical (unpaired) electrons. The molecular weight excluding hydrogens is 296 g/mol. The summed E-state index contributed by atoms with van der Waals surface area (Å²) in [6, 6.07) is 7.77. The molecule has 0 fully saturated rings. The second-order valence-corrected chi connectivity index (χ2v) is 6.19. The number of hydrogen-bond donors (Lipinski definition) is 2. The average molecular weight is 318 g/mol. The predicted octanol–water partition coefficient (Wildman–Crippen LogP) is 2.78. The Hall–Kier alpha value is -2.50. The van der Waals surface area contributed by atoms with Gasteiger partial charge in [-0.1, -0.05) is 18.2 Å². The number of benzene rings is 1. The van der Waals surface area contributed by atoms with Crippen molar-refractivity contribution in [2.24, 2.45) is 0 Å². The van der Waals surface area contributed by atoms with E-state index < -0.39 is 11.7 Å². The Morgan fingerprint density at radius 3 is 2.70 bits per heavy atom. The maximum atomic E-state index is 11.8. The highest BCUT2D eigenvalue weighted by Crippen LogP contribution is 2.18. The lowest BCUT2D eigenvalue weighted by atomic mass is 10.1. The van der Waals surface area contributed by atoms with Crippen molar-refractivity contribution in [3.63, 3.8) is 0 Å². The molecule has 0 aliphatic heterocycles. The number of para-hydroxylation sites is 1. The van der Waals surface area contributed by atoms with E-state index in [0.29, 0.717) is 0 Å². The number of amides is 1. The number of fused-ring (bicyclic) bond motifs is 1. The summed E-state index contributed by atoms with van der Waals surface area (Å²) in [5.74, 6) is -0.333. The van der Waals surface area contributed by atoms with Gasteiger partial charge in [0, 0.05) is 17.1 Å². The normalized spacial score (nSPS) is 11.3. The maximum absolute atomic E-state index is 11.8. The van der Waals surface area contributed by atoms with E-state index in [4.69, 9.17) is 9.47 Å². The molecule has 1 heterocycles. The Bertz CT molecular complexity index is 685. The Morgan fingerprint density at radius 1 is 1.22 bits per heavy atom. The standard InChI is InChI=1S/C17H22N2O4/c1-17(2,3)23-16(21)18-8-9-22-15(20)10-12-11-19-14-7-5-4-6-13(12)14/h4-7,11,19H,8-10H2,1-3H3,(H,18,21). The number of hydrogen-bond acceptors (Lipinski definition) is 4. The van der Waals surface area contributed by atoms with Gasteiger partial charge in [-0.25, -0.2) is 4.79 Å². The summed E-state index contributed by atoms with van der Waals surface area (Å²) >= 11 is 0. The summed E-state index contributed by atoms with van der Waals surface area (Å²) < 4.78 is 10.2. The van der Waals surface area contributed by atoms with E-state index >= 15 is 0 Å². The third-order valence-electron chi connectivity index (χ3n) is 3.04. The number of alkyl carbamates (subject to hydrolysis) is 1. The van der Waals surface area contributed by atoms with Gasteiger partial charge in [0.1, 0.15) is 12.2 Å². The van der Waals surface area contributed by atoms with Crippen LogP contribution in [0.1, 0.15) is 26.3 Å². The zero-order valence-electron chi connectivity index (χ0n) is 13.6. The van der Waals surface area contributed by atoms with Crippen molar-refractivity contribution in [2.75, 3.05) is 13.2 Å². The second-order valence-electron chi connectivity index (χ2n) is 6.19. The van der Waals surface area contributed by atoms with Crippen LogP contribution in [0.5, 0.6) is 0 Å². The summed E-state index contributed by atoms with van der Waals surface area (Å²) in [4.78, 5) is 26.4. The Kier molecular flexibility index (Phi) is 5.26. The van der Waals surface area contributed by atoms with Crippen molar-refractivity contribution in [1.29, 1.82) is 0 Å². The molecule has 2 rings (SSSR count). The van der Waals surface area contributed by atoms with Gasteiger partial charge >= 0.3 is 12.1 Å². The molecule has 2 N–H and O–H groups in total. The van der Waals surface area contributed by atoms with Crippen LogP contribution in [-0.2, 0) is 20.7 Å². The van der Waals surface area contributed by atoms with Crippen LogP contribution in [0.4, 0.5) is 4.79 Å². The van der Waals surface area contributed by atoms with E-state index in [2.05, 4.69) is 10.3 Å². The minimum absolute atomic E-state index is 0.112. The van der Waals surface area contributed by atoms with Gasteiger partial charge in [0.25, 0.3) is 0 Å². The summed E-state index contributed by atoms with van der Waals surface area (Å²) in [6.07, 6.45) is 1.48. The number of carbonyl (C=O) groups excluding carboxylic acids is 2. The molecule has 0 spiro atoms. The smallest absolute Gasteiger partial charge is 0.407 e. The summed E-state index contributed by atoms with van der Waals surface area (Å²) in [5, 5.41) is 3.55. The molecule has 23 heavy (non-hydrogen) atoms. The van der Waals surface area contributed by atoms with Crippen molar-refractivity contribution in [1.82, 2.24) is 10.3 Å². The Labute approximate surface area is 135 Å². The first kappa shape index (κ1) is 16.9. The van der Waals surface area contributed by atoms with E-state index in [9.17, 15) is 9.59 Å². The molecule has 0 saturated heterocycles. The van der Waals surface area contributed by atoms with Gasteiger partial charge in [0.15, 0.2) is 0 Å². The van der Waals surface area contributed by atoms with Crippen LogP contribution in [0.15, 0.2) is 30.5 Å². The fourth-order valence-electron chi connectivity index (χ4n) is 2.12. The third-order valence-corrected chi connectivity index (χ3v) is 3.04. The van der Waals surface area contributed by atoms with Crippen LogP contribution < -0.4 is 5.32 Å². The van der Waals surface area contributed by atoms with Crippen molar-refractivity contribution >= 4 is 23.0 Å². The van der Waals surface area contributed by atoms with Crippen molar-refractivity contribution in [2.45, 2.75) is 32.8 Å². The number of carbonyl (C=O) groups is 2. The van der Waals surface area contributed by atoms with Gasteiger partial charge in [-0.2, -0.15) is 0 Å². The lowest BCUT2D eigenvalue weighted by Crippen LogP contribution is -2.34. The number of nitrogens with one attached hydrogen (secondary N) is 2. The highest BCUT2D eigenvalue weighted by Gasteiger charge is 2.15. The number of rotatable bonds is 5. The van der Waals surface area contributed by atoms with Crippen LogP contribution in [0.2, 0.25) is 0 Å². The zero-order valence-corrected chi connectivity index (χ0v) is 13.6. The maximum Gasteiger partial charge on any atom is 0.407 e. The van der Waals surface area contributed by atoms with E-state index in [1.807, 2.05) is 30.5 Å². The van der Waals surface area contributed by atoms with Crippen molar-refractivity contribution in [3.8, 4) is 0 Å². The molecule has 0 bridgehead atoms. The predicted molar refractivity (Wildman–Crippen MR) is 87.2 cm³/mol. The topological polar surface area (TPSA) is 80.4 Å². The van der Waals surface area contributed by atoms with E-state index in [-0.39, 0.29) is 25.5 Å². The molecule has 0 aliphatic rings. The van der Waals surface area contributed by atoms with Crippen molar-refractivity contribution in [3.05, 3.63) is 36.0 Å². The van der Waals surface area contributed by atoms with E-state index in [0.717, 1.165) is 16.5 Å². The van der Waals surface area contributed by atoms with Crippen molar-refractivity contribution < 1.29 is 19.1 Å². The number of ether oxygens (including phenoxy) is 2. The van der Waals surface area contributed by atoms with Gasteiger partial charge in [-0.05, 0) is 32.4 Å². The first-order valence-corrected chi connectivity index (χ1v) is 7.52. The SMILES string of the molecule is CC(C)(C)OC(=O)NCCOC(=O)Cc1c[nH]c2ccccc12. The van der Waals surface area contributed by atoms with Crippen LogP contribution in [-0.4, -0.2) is 35.8 Å². The molecule has 1 aromatic carbocycles. The number of aromatic nitrogens is 1. The van der Waals surface area contributed by atoms with Gasteiger partial charge in [0.05, 0.1) is 13.0 Å². The third kappa shape index (κ3) is 5.32. The quantitative estimate of drug-likeness (QED) is 0.656. The molecular formula is C17H22N2O4. The van der Waals surface area contributed by atoms with Gasteiger partial charge in [-0.15, -0.1) is 0 Å². The minimum atomic E-state index is -0.546. The molecule has 0 unspecified atom stereocenters. The highest BCUT2D eigenvalue weighted by molar-refractivity contribution is 5.87.